The molecule has 1 aromatic carbocycles. The Bertz CT molecular complexity index is 790. The number of fused-ring (bicyclic) bond motifs is 4. The maximum absolute atomic E-state index is 13.3. The summed E-state index contributed by atoms with van der Waals surface area (Å²) in [4.78, 5) is 15.7. The van der Waals surface area contributed by atoms with E-state index in [9.17, 15) is 13.6 Å². The zero-order valence-corrected chi connectivity index (χ0v) is 13.3. The van der Waals surface area contributed by atoms with Crippen molar-refractivity contribution in [2.24, 2.45) is 5.92 Å². The molecule has 3 heterocycles. The molecule has 2 aliphatic heterocycles. The molecule has 3 atom stereocenters. The molecule has 1 aromatic heterocycles. The molecule has 2 unspecified atom stereocenters. The molecule has 2 bridgehead atoms. The van der Waals surface area contributed by atoms with Crippen LogP contribution in [0.1, 0.15) is 28.9 Å². The minimum atomic E-state index is -0.875. The highest BCUT2D eigenvalue weighted by Crippen LogP contribution is 2.55. The van der Waals surface area contributed by atoms with Crippen LogP contribution in [0.2, 0.25) is 0 Å². The molecule has 3 fully saturated rings. The Morgan fingerprint density at radius 1 is 1.26 bits per heavy atom. The largest absolute Gasteiger partial charge is 0.346 e. The van der Waals surface area contributed by atoms with Gasteiger partial charge in [0.15, 0.2) is 11.6 Å². The quantitative estimate of drug-likeness (QED) is 0.915. The fourth-order valence-electron chi connectivity index (χ4n) is 4.47. The molecular formula is C17H16F2N2OS. The number of piperidine rings is 1. The Labute approximate surface area is 136 Å². The number of benzene rings is 1. The van der Waals surface area contributed by atoms with Crippen LogP contribution in [0.5, 0.6) is 0 Å². The summed E-state index contributed by atoms with van der Waals surface area (Å²) in [5.41, 5.74) is 0.202. The first-order chi connectivity index (χ1) is 11.1. The Morgan fingerprint density at radius 3 is 2.83 bits per heavy atom. The van der Waals surface area contributed by atoms with Crippen LogP contribution in [0.15, 0.2) is 18.2 Å². The molecule has 1 aliphatic carbocycles. The lowest BCUT2D eigenvalue weighted by Crippen LogP contribution is -2.51. The number of nitrogens with zero attached hydrogens (tertiary/aromatic N) is 1. The first-order valence-electron chi connectivity index (χ1n) is 8.01. The molecule has 23 heavy (non-hydrogen) atoms. The second kappa shape index (κ2) is 4.51. The van der Waals surface area contributed by atoms with E-state index in [2.05, 4.69) is 10.2 Å². The third kappa shape index (κ3) is 1.91. The van der Waals surface area contributed by atoms with Gasteiger partial charge in [-0.3, -0.25) is 9.69 Å². The van der Waals surface area contributed by atoms with E-state index in [0.717, 1.165) is 44.5 Å². The standard InChI is InChI=1S/C17H16F2N2OS/c18-11-5-10-6-14(23-13(10)7-12(11)19)16(22)20-15-9-1-4-21(8-9)17(15)2-3-17/h5-7,9,15H,1-4,8H2,(H,20,22)/t9?,15-/m1/s1. The molecule has 0 radical (unpaired) electrons. The van der Waals surface area contributed by atoms with Crippen LogP contribution in [-0.2, 0) is 0 Å². The third-order valence-electron chi connectivity index (χ3n) is 5.74. The van der Waals surface area contributed by atoms with E-state index >= 15 is 0 Å². The minimum absolute atomic E-state index is 0.114. The van der Waals surface area contributed by atoms with Gasteiger partial charge in [-0.2, -0.15) is 0 Å². The maximum Gasteiger partial charge on any atom is 0.261 e. The van der Waals surface area contributed by atoms with Gasteiger partial charge in [0.25, 0.3) is 5.91 Å². The average Bonchev–Trinajstić information content (AvgIpc) is 2.90. The number of nitrogens with one attached hydrogen (secondary N) is 1. The monoisotopic (exact) mass is 334 g/mol. The number of halogens is 2. The van der Waals surface area contributed by atoms with Gasteiger partial charge in [-0.05, 0) is 55.3 Å². The van der Waals surface area contributed by atoms with E-state index in [1.54, 1.807) is 6.07 Å². The average molecular weight is 334 g/mol. The van der Waals surface area contributed by atoms with Crippen LogP contribution >= 0.6 is 11.3 Å². The van der Waals surface area contributed by atoms with Gasteiger partial charge in [-0.1, -0.05) is 0 Å². The number of amides is 1. The Balaban J connectivity index is 1.43. The summed E-state index contributed by atoms with van der Waals surface area (Å²) in [6, 6.07) is 4.20. The Morgan fingerprint density at radius 2 is 2.04 bits per heavy atom. The highest BCUT2D eigenvalue weighted by Gasteiger charge is 2.63. The summed E-state index contributed by atoms with van der Waals surface area (Å²) in [5.74, 6) is -1.31. The Kier molecular flexibility index (Phi) is 2.72. The van der Waals surface area contributed by atoms with Crippen LogP contribution in [0.4, 0.5) is 8.78 Å². The molecule has 120 valence electrons. The van der Waals surface area contributed by atoms with Crippen molar-refractivity contribution in [1.29, 1.82) is 0 Å². The van der Waals surface area contributed by atoms with Crippen LogP contribution < -0.4 is 5.32 Å². The summed E-state index contributed by atoms with van der Waals surface area (Å²) < 4.78 is 27.2. The SMILES string of the molecule is O=C(N[C@@H]1C2CCN(C2)C12CC2)c1cc2cc(F)c(F)cc2s1. The van der Waals surface area contributed by atoms with E-state index in [1.165, 1.54) is 11.3 Å². The van der Waals surface area contributed by atoms with Gasteiger partial charge in [0.2, 0.25) is 0 Å². The van der Waals surface area contributed by atoms with E-state index in [-0.39, 0.29) is 17.5 Å². The predicted molar refractivity (Wildman–Crippen MR) is 84.6 cm³/mol. The summed E-state index contributed by atoms with van der Waals surface area (Å²) >= 11 is 1.22. The molecule has 6 heteroatoms. The minimum Gasteiger partial charge on any atom is -0.346 e. The van der Waals surface area contributed by atoms with Crippen molar-refractivity contribution in [3.8, 4) is 0 Å². The van der Waals surface area contributed by atoms with Crippen molar-refractivity contribution in [3.05, 3.63) is 34.7 Å². The van der Waals surface area contributed by atoms with E-state index < -0.39 is 11.6 Å². The smallest absolute Gasteiger partial charge is 0.261 e. The first-order valence-corrected chi connectivity index (χ1v) is 8.83. The van der Waals surface area contributed by atoms with Crippen molar-refractivity contribution < 1.29 is 13.6 Å². The third-order valence-corrected chi connectivity index (χ3v) is 6.83. The van der Waals surface area contributed by atoms with Crippen molar-refractivity contribution in [2.75, 3.05) is 13.1 Å². The molecule has 2 aromatic rings. The lowest BCUT2D eigenvalue weighted by molar-refractivity contribution is 0.0896. The summed E-state index contributed by atoms with van der Waals surface area (Å²) in [6.07, 6.45) is 3.48. The number of hydrogen-bond acceptors (Lipinski definition) is 3. The van der Waals surface area contributed by atoms with Crippen LogP contribution in [0.3, 0.4) is 0 Å². The first kappa shape index (κ1) is 13.9. The van der Waals surface area contributed by atoms with E-state index in [4.69, 9.17) is 0 Å². The van der Waals surface area contributed by atoms with Gasteiger partial charge in [-0.15, -0.1) is 11.3 Å². The lowest BCUT2D eigenvalue weighted by atomic mass is 9.92. The molecule has 1 saturated carbocycles. The second-order valence-electron chi connectivity index (χ2n) is 6.96. The highest BCUT2D eigenvalue weighted by atomic mass is 32.1. The molecule has 3 aliphatic rings. The van der Waals surface area contributed by atoms with Crippen molar-refractivity contribution in [2.45, 2.75) is 30.8 Å². The fourth-order valence-corrected chi connectivity index (χ4v) is 5.44. The lowest BCUT2D eigenvalue weighted by Gasteiger charge is -2.33. The van der Waals surface area contributed by atoms with Crippen molar-refractivity contribution in [1.82, 2.24) is 10.2 Å². The van der Waals surface area contributed by atoms with Crippen LogP contribution in [-0.4, -0.2) is 35.5 Å². The van der Waals surface area contributed by atoms with Gasteiger partial charge < -0.3 is 5.32 Å². The predicted octanol–water partition coefficient (Wildman–Crippen LogP) is 3.15. The zero-order valence-electron chi connectivity index (χ0n) is 12.4. The van der Waals surface area contributed by atoms with E-state index in [0.29, 0.717) is 20.9 Å². The molecule has 2 saturated heterocycles. The molecule has 5 rings (SSSR count). The fraction of sp³-hybridized carbons (Fsp3) is 0.471. The summed E-state index contributed by atoms with van der Waals surface area (Å²) in [6.45, 7) is 2.24. The second-order valence-corrected chi connectivity index (χ2v) is 8.05. The van der Waals surface area contributed by atoms with Gasteiger partial charge >= 0.3 is 0 Å². The molecule has 3 nitrogen and oxygen atoms in total. The van der Waals surface area contributed by atoms with Gasteiger partial charge in [0, 0.05) is 16.8 Å². The van der Waals surface area contributed by atoms with Crippen LogP contribution in [0, 0.1) is 17.6 Å². The van der Waals surface area contributed by atoms with Crippen LogP contribution in [0.25, 0.3) is 10.1 Å². The van der Waals surface area contributed by atoms with Crippen molar-refractivity contribution in [3.63, 3.8) is 0 Å². The molecular weight excluding hydrogens is 318 g/mol. The number of carbonyl (C=O) groups excluding carboxylic acids is 1. The van der Waals surface area contributed by atoms with Gasteiger partial charge in [0.05, 0.1) is 10.9 Å². The maximum atomic E-state index is 13.3. The normalized spacial score (nSPS) is 30.3. The topological polar surface area (TPSA) is 32.3 Å². The van der Waals surface area contributed by atoms with Crippen molar-refractivity contribution >= 4 is 27.3 Å². The van der Waals surface area contributed by atoms with Gasteiger partial charge in [0.1, 0.15) is 0 Å². The number of hydrogen-bond donors (Lipinski definition) is 1. The summed E-state index contributed by atoms with van der Waals surface area (Å²) in [7, 11) is 0. The zero-order chi connectivity index (χ0) is 15.8. The van der Waals surface area contributed by atoms with Gasteiger partial charge in [-0.25, -0.2) is 8.78 Å². The number of thiophene rings is 1. The molecule has 1 amide bonds. The van der Waals surface area contributed by atoms with E-state index in [1.807, 2.05) is 0 Å². The summed E-state index contributed by atoms with van der Waals surface area (Å²) in [5, 5.41) is 3.79. The Hall–Kier alpha value is -1.53. The molecule has 1 N–H and O–H groups in total. The highest BCUT2D eigenvalue weighted by molar-refractivity contribution is 7.20. The molecule has 1 spiro atoms. The number of carbonyl (C=O) groups is 1. The number of rotatable bonds is 2.